The van der Waals surface area contributed by atoms with Crippen LogP contribution in [0.5, 0.6) is 5.75 Å². The summed E-state index contributed by atoms with van der Waals surface area (Å²) in [6, 6.07) is 16.3. The number of nitrogens with one attached hydrogen (secondary N) is 1. The summed E-state index contributed by atoms with van der Waals surface area (Å²) >= 11 is 0. The van der Waals surface area contributed by atoms with Gasteiger partial charge in [-0.2, -0.15) is 4.98 Å². The molecule has 1 N–H and O–H groups in total. The van der Waals surface area contributed by atoms with Crippen LogP contribution in [0.2, 0.25) is 0 Å². The van der Waals surface area contributed by atoms with Gasteiger partial charge >= 0.3 is 0 Å². The van der Waals surface area contributed by atoms with Crippen LogP contribution in [0.4, 0.5) is 11.8 Å². The monoisotopic (exact) mass is 334 g/mol. The molecule has 0 atom stereocenters. The van der Waals surface area contributed by atoms with Crippen LogP contribution in [0.1, 0.15) is 18.4 Å². The molecule has 1 aliphatic rings. The highest BCUT2D eigenvalue weighted by molar-refractivity contribution is 5.90. The molecule has 4 rings (SSSR count). The molecule has 0 saturated carbocycles. The molecule has 0 unspecified atom stereocenters. The maximum Gasteiger partial charge on any atom is 0.227 e. The van der Waals surface area contributed by atoms with E-state index in [1.165, 1.54) is 18.4 Å². The Bertz CT molecular complexity index is 857. The maximum absolute atomic E-state index is 5.22. The molecule has 1 saturated heterocycles. The Morgan fingerprint density at radius 2 is 1.76 bits per heavy atom. The fourth-order valence-electron chi connectivity index (χ4n) is 3.19. The van der Waals surface area contributed by atoms with Crippen molar-refractivity contribution in [3.63, 3.8) is 0 Å². The number of ether oxygens (including phenoxy) is 1. The molecule has 0 spiro atoms. The Labute approximate surface area is 147 Å². The van der Waals surface area contributed by atoms with Crippen molar-refractivity contribution in [3.8, 4) is 5.75 Å². The van der Waals surface area contributed by atoms with Gasteiger partial charge in [0.1, 0.15) is 11.6 Å². The zero-order valence-corrected chi connectivity index (χ0v) is 14.4. The Morgan fingerprint density at radius 1 is 1.00 bits per heavy atom. The summed E-state index contributed by atoms with van der Waals surface area (Å²) in [6.07, 6.45) is 2.43. The fourth-order valence-corrected chi connectivity index (χ4v) is 3.19. The summed E-state index contributed by atoms with van der Waals surface area (Å²) in [5.74, 6) is 2.59. The molecule has 5 nitrogen and oxygen atoms in total. The quantitative estimate of drug-likeness (QED) is 0.768. The molecule has 2 heterocycles. The third-order valence-corrected chi connectivity index (χ3v) is 4.60. The number of hydrogen-bond donors (Lipinski definition) is 1. The van der Waals surface area contributed by atoms with Gasteiger partial charge in [0, 0.05) is 25.0 Å². The van der Waals surface area contributed by atoms with E-state index in [9.17, 15) is 0 Å². The normalized spacial score (nSPS) is 14.0. The first-order valence-corrected chi connectivity index (χ1v) is 8.72. The van der Waals surface area contributed by atoms with Gasteiger partial charge in [-0.25, -0.2) is 4.98 Å². The fraction of sp³-hybridized carbons (Fsp3) is 0.300. The molecule has 1 aromatic heterocycles. The maximum atomic E-state index is 5.22. The molecule has 128 valence electrons. The first-order valence-electron chi connectivity index (χ1n) is 8.72. The summed E-state index contributed by atoms with van der Waals surface area (Å²) in [7, 11) is 1.68. The van der Waals surface area contributed by atoms with Crippen LogP contribution in [0.3, 0.4) is 0 Å². The Kier molecular flexibility index (Phi) is 4.37. The first kappa shape index (κ1) is 15.7. The number of fused-ring (bicyclic) bond motifs is 1. The summed E-state index contributed by atoms with van der Waals surface area (Å²) in [6.45, 7) is 2.79. The van der Waals surface area contributed by atoms with Crippen molar-refractivity contribution >= 4 is 22.7 Å². The van der Waals surface area contributed by atoms with Crippen LogP contribution in [0.25, 0.3) is 10.9 Å². The smallest absolute Gasteiger partial charge is 0.227 e. The van der Waals surface area contributed by atoms with Crippen molar-refractivity contribution in [2.24, 2.45) is 0 Å². The van der Waals surface area contributed by atoms with E-state index in [1.807, 2.05) is 24.3 Å². The lowest BCUT2D eigenvalue weighted by atomic mass is 10.2. The van der Waals surface area contributed by atoms with Gasteiger partial charge in [-0.15, -0.1) is 0 Å². The first-order chi connectivity index (χ1) is 12.3. The lowest BCUT2D eigenvalue weighted by molar-refractivity contribution is 0.414. The lowest BCUT2D eigenvalue weighted by Crippen LogP contribution is -2.21. The second-order valence-electron chi connectivity index (χ2n) is 6.29. The van der Waals surface area contributed by atoms with Crippen molar-refractivity contribution in [2.75, 3.05) is 30.4 Å². The zero-order chi connectivity index (χ0) is 17.1. The van der Waals surface area contributed by atoms with Crippen LogP contribution in [-0.2, 0) is 6.54 Å². The van der Waals surface area contributed by atoms with Crippen LogP contribution < -0.4 is 15.0 Å². The van der Waals surface area contributed by atoms with Gasteiger partial charge in [0.25, 0.3) is 0 Å². The minimum atomic E-state index is 0.713. The van der Waals surface area contributed by atoms with Gasteiger partial charge in [-0.3, -0.25) is 0 Å². The van der Waals surface area contributed by atoms with E-state index < -0.39 is 0 Å². The SMILES string of the molecule is COc1ccc(CNc2nc(N3CCCC3)nc3ccccc23)cc1. The summed E-state index contributed by atoms with van der Waals surface area (Å²) in [5, 5.41) is 4.54. The number of hydrogen-bond acceptors (Lipinski definition) is 5. The van der Waals surface area contributed by atoms with Crippen LogP contribution in [0, 0.1) is 0 Å². The Balaban J connectivity index is 1.62. The molecule has 3 aromatic rings. The molecule has 2 aromatic carbocycles. The molecule has 25 heavy (non-hydrogen) atoms. The Hall–Kier alpha value is -2.82. The van der Waals surface area contributed by atoms with Gasteiger partial charge < -0.3 is 15.0 Å². The molecular weight excluding hydrogens is 312 g/mol. The highest BCUT2D eigenvalue weighted by atomic mass is 16.5. The van der Waals surface area contributed by atoms with E-state index >= 15 is 0 Å². The van der Waals surface area contributed by atoms with Gasteiger partial charge in [0.2, 0.25) is 5.95 Å². The molecule has 1 fully saturated rings. The summed E-state index contributed by atoms with van der Waals surface area (Å²) in [4.78, 5) is 11.8. The number of methoxy groups -OCH3 is 1. The van der Waals surface area contributed by atoms with E-state index in [4.69, 9.17) is 14.7 Å². The summed E-state index contributed by atoms with van der Waals surface area (Å²) < 4.78 is 5.22. The van der Waals surface area contributed by atoms with Crippen LogP contribution in [0.15, 0.2) is 48.5 Å². The topological polar surface area (TPSA) is 50.3 Å². The standard InChI is InChI=1S/C20H22N4O/c1-25-16-10-8-15(9-11-16)14-21-19-17-6-2-3-7-18(17)22-20(23-19)24-12-4-5-13-24/h2-3,6-11H,4-5,12-14H2,1H3,(H,21,22,23). The van der Waals surface area contributed by atoms with E-state index in [0.717, 1.165) is 41.5 Å². The number of anilines is 2. The van der Waals surface area contributed by atoms with E-state index in [1.54, 1.807) is 7.11 Å². The third-order valence-electron chi connectivity index (χ3n) is 4.60. The van der Waals surface area contributed by atoms with Crippen molar-refractivity contribution in [1.29, 1.82) is 0 Å². The predicted octanol–water partition coefficient (Wildman–Crippen LogP) is 3.85. The van der Waals surface area contributed by atoms with Crippen molar-refractivity contribution in [3.05, 3.63) is 54.1 Å². The number of para-hydroxylation sites is 1. The van der Waals surface area contributed by atoms with E-state index in [2.05, 4.69) is 34.5 Å². The van der Waals surface area contributed by atoms with Crippen molar-refractivity contribution < 1.29 is 4.74 Å². The third kappa shape index (κ3) is 3.36. The number of rotatable bonds is 5. The average Bonchev–Trinajstić information content (AvgIpc) is 3.21. The summed E-state index contributed by atoms with van der Waals surface area (Å²) in [5.41, 5.74) is 2.17. The van der Waals surface area contributed by atoms with Crippen LogP contribution >= 0.6 is 0 Å². The zero-order valence-electron chi connectivity index (χ0n) is 14.4. The highest BCUT2D eigenvalue weighted by Crippen LogP contribution is 2.25. The number of benzene rings is 2. The van der Waals surface area contributed by atoms with Gasteiger partial charge in [-0.05, 0) is 42.7 Å². The highest BCUT2D eigenvalue weighted by Gasteiger charge is 2.17. The van der Waals surface area contributed by atoms with Crippen molar-refractivity contribution in [1.82, 2.24) is 9.97 Å². The second kappa shape index (κ2) is 6.97. The number of nitrogens with zero attached hydrogens (tertiary/aromatic N) is 3. The van der Waals surface area contributed by atoms with E-state index in [-0.39, 0.29) is 0 Å². The molecule has 0 aliphatic carbocycles. The van der Waals surface area contributed by atoms with Gasteiger partial charge in [-0.1, -0.05) is 24.3 Å². The van der Waals surface area contributed by atoms with Gasteiger partial charge in [0.05, 0.1) is 12.6 Å². The molecule has 5 heteroatoms. The number of aromatic nitrogens is 2. The molecule has 0 amide bonds. The lowest BCUT2D eigenvalue weighted by Gasteiger charge is -2.18. The van der Waals surface area contributed by atoms with Crippen LogP contribution in [-0.4, -0.2) is 30.2 Å². The Morgan fingerprint density at radius 3 is 2.52 bits per heavy atom. The largest absolute Gasteiger partial charge is 0.497 e. The average molecular weight is 334 g/mol. The molecular formula is C20H22N4O. The molecule has 0 bridgehead atoms. The van der Waals surface area contributed by atoms with Crippen molar-refractivity contribution in [2.45, 2.75) is 19.4 Å². The van der Waals surface area contributed by atoms with E-state index in [0.29, 0.717) is 6.54 Å². The predicted molar refractivity (Wildman–Crippen MR) is 101 cm³/mol. The van der Waals surface area contributed by atoms with Gasteiger partial charge in [0.15, 0.2) is 0 Å². The second-order valence-corrected chi connectivity index (χ2v) is 6.29. The minimum Gasteiger partial charge on any atom is -0.497 e. The minimum absolute atomic E-state index is 0.713. The molecule has 0 radical (unpaired) electrons. The molecule has 1 aliphatic heterocycles.